The number of Topliss-reactive ketones (excluding diaryl/α,β-unsaturated/α-hetero) is 1. The van der Waals surface area contributed by atoms with Crippen molar-refractivity contribution in [3.05, 3.63) is 106 Å². The Kier molecular flexibility index (Phi) is 10.2. The first-order valence-corrected chi connectivity index (χ1v) is 13.6. The molecular formula is C31H27F7N4O2. The first-order valence-electron chi connectivity index (χ1n) is 13.6. The molecule has 44 heavy (non-hydrogen) atoms. The topological polar surface area (TPSA) is 76.9 Å². The highest BCUT2D eigenvalue weighted by Gasteiger charge is 2.31. The SMILES string of the molecule is CCC(=O)c1cc(-c2cccnc2[C@H](Cc2cc(F)cc(F)c2)NC(=O)[C@@H](CC)n2nc(C(F)F)cc2C(F)F)ccc1F. The lowest BCUT2D eigenvalue weighted by molar-refractivity contribution is -0.125. The molecule has 0 fully saturated rings. The predicted molar refractivity (Wildman–Crippen MR) is 147 cm³/mol. The van der Waals surface area contributed by atoms with E-state index in [0.717, 1.165) is 18.2 Å². The normalized spacial score (nSPS) is 12.9. The van der Waals surface area contributed by atoms with Gasteiger partial charge in [0.2, 0.25) is 5.91 Å². The van der Waals surface area contributed by atoms with Crippen LogP contribution < -0.4 is 5.32 Å². The first-order chi connectivity index (χ1) is 20.9. The van der Waals surface area contributed by atoms with Crippen molar-refractivity contribution in [2.45, 2.75) is 58.0 Å². The van der Waals surface area contributed by atoms with Crippen molar-refractivity contribution in [1.82, 2.24) is 20.1 Å². The van der Waals surface area contributed by atoms with Crippen molar-refractivity contribution in [1.29, 1.82) is 0 Å². The van der Waals surface area contributed by atoms with E-state index in [1.165, 1.54) is 25.3 Å². The van der Waals surface area contributed by atoms with Crippen molar-refractivity contribution in [3.63, 3.8) is 0 Å². The Bertz CT molecular complexity index is 1640. The molecule has 4 rings (SSSR count). The Hall–Kier alpha value is -4.55. The lowest BCUT2D eigenvalue weighted by Gasteiger charge is -2.25. The Morgan fingerprint density at radius 1 is 0.909 bits per heavy atom. The second-order valence-corrected chi connectivity index (χ2v) is 9.91. The van der Waals surface area contributed by atoms with E-state index in [9.17, 15) is 40.3 Å². The van der Waals surface area contributed by atoms with E-state index in [4.69, 9.17) is 0 Å². The van der Waals surface area contributed by atoms with Crippen LogP contribution in [0.2, 0.25) is 0 Å². The molecule has 0 aliphatic carbocycles. The Balaban J connectivity index is 1.81. The summed E-state index contributed by atoms with van der Waals surface area (Å²) in [6, 6.07) is 7.56. The molecule has 6 nitrogen and oxygen atoms in total. The number of hydrogen-bond donors (Lipinski definition) is 1. The minimum absolute atomic E-state index is 0.0315. The van der Waals surface area contributed by atoms with Gasteiger partial charge in [-0.2, -0.15) is 5.10 Å². The van der Waals surface area contributed by atoms with Gasteiger partial charge in [-0.1, -0.05) is 26.0 Å². The number of pyridine rings is 1. The third-order valence-corrected chi connectivity index (χ3v) is 6.96. The van der Waals surface area contributed by atoms with E-state index in [2.05, 4.69) is 15.4 Å². The zero-order valence-corrected chi connectivity index (χ0v) is 23.5. The van der Waals surface area contributed by atoms with Gasteiger partial charge < -0.3 is 5.32 Å². The number of hydrogen-bond acceptors (Lipinski definition) is 4. The zero-order chi connectivity index (χ0) is 32.1. The smallest absolute Gasteiger partial charge is 0.282 e. The molecule has 1 N–H and O–H groups in total. The maximum absolute atomic E-state index is 14.5. The minimum atomic E-state index is -3.22. The molecule has 2 atom stereocenters. The van der Waals surface area contributed by atoms with Gasteiger partial charge in [-0.05, 0) is 60.4 Å². The lowest BCUT2D eigenvalue weighted by Crippen LogP contribution is -2.37. The Morgan fingerprint density at radius 3 is 2.23 bits per heavy atom. The second kappa shape index (κ2) is 13.8. The largest absolute Gasteiger partial charge is 0.346 e. The molecule has 0 spiro atoms. The zero-order valence-electron chi connectivity index (χ0n) is 23.5. The van der Waals surface area contributed by atoms with Gasteiger partial charge in [0.1, 0.15) is 34.9 Å². The molecule has 2 heterocycles. The molecule has 0 unspecified atom stereocenters. The number of nitrogens with one attached hydrogen (secondary N) is 1. The molecule has 13 heteroatoms. The summed E-state index contributed by atoms with van der Waals surface area (Å²) in [5.74, 6) is -3.89. The predicted octanol–water partition coefficient (Wildman–Crippen LogP) is 7.88. The lowest BCUT2D eigenvalue weighted by atomic mass is 9.93. The molecule has 2 aromatic carbocycles. The average molecular weight is 621 g/mol. The van der Waals surface area contributed by atoms with Crippen LogP contribution in [0.4, 0.5) is 30.7 Å². The number of carbonyl (C=O) groups is 2. The van der Waals surface area contributed by atoms with Crippen LogP contribution in [0.1, 0.15) is 84.6 Å². The molecule has 232 valence electrons. The summed E-state index contributed by atoms with van der Waals surface area (Å²) in [4.78, 5) is 30.4. The summed E-state index contributed by atoms with van der Waals surface area (Å²) in [6.45, 7) is 3.04. The van der Waals surface area contributed by atoms with Crippen LogP contribution in [-0.4, -0.2) is 26.5 Å². The molecular weight excluding hydrogens is 593 g/mol. The van der Waals surface area contributed by atoms with Crippen LogP contribution in [0.3, 0.4) is 0 Å². The third-order valence-electron chi connectivity index (χ3n) is 6.96. The highest BCUT2D eigenvalue weighted by molar-refractivity contribution is 5.97. The molecule has 2 aromatic heterocycles. The van der Waals surface area contributed by atoms with Crippen LogP contribution in [0.5, 0.6) is 0 Å². The van der Waals surface area contributed by atoms with E-state index in [0.29, 0.717) is 27.9 Å². The standard InChI is InChI=1S/C31H27F7N4O2/c1-3-25(42-26(30(37)38)15-24(41-42)29(35)36)31(44)40-23(12-16-10-18(32)14-19(33)11-16)28-20(6-5-9-39-28)17-7-8-22(34)21(13-17)27(43)4-2/h5-11,13-15,23,25,29-30H,3-4,12H2,1-2H3,(H,40,44)/t23-,25+/m0/s1. The van der Waals surface area contributed by atoms with Gasteiger partial charge in [0.25, 0.3) is 12.9 Å². The van der Waals surface area contributed by atoms with Gasteiger partial charge in [-0.3, -0.25) is 19.3 Å². The monoisotopic (exact) mass is 620 g/mol. The second-order valence-electron chi connectivity index (χ2n) is 9.91. The number of nitrogens with zero attached hydrogens (tertiary/aromatic N) is 3. The summed E-state index contributed by atoms with van der Waals surface area (Å²) in [5.41, 5.74) is -1.07. The van der Waals surface area contributed by atoms with Crippen molar-refractivity contribution >= 4 is 11.7 Å². The van der Waals surface area contributed by atoms with Crippen LogP contribution in [0.15, 0.2) is 60.8 Å². The fraction of sp³-hybridized carbons (Fsp3) is 0.290. The van der Waals surface area contributed by atoms with E-state index in [1.54, 1.807) is 19.1 Å². The molecule has 4 aromatic rings. The number of aromatic nitrogens is 3. The van der Waals surface area contributed by atoms with Crippen molar-refractivity contribution < 1.29 is 40.3 Å². The van der Waals surface area contributed by atoms with E-state index >= 15 is 0 Å². The van der Waals surface area contributed by atoms with Gasteiger partial charge in [0.05, 0.1) is 17.3 Å². The van der Waals surface area contributed by atoms with Crippen LogP contribution in [0, 0.1) is 17.5 Å². The van der Waals surface area contributed by atoms with Crippen LogP contribution >= 0.6 is 0 Å². The highest BCUT2D eigenvalue weighted by Crippen LogP contribution is 2.33. The minimum Gasteiger partial charge on any atom is -0.346 e. The maximum Gasteiger partial charge on any atom is 0.282 e. The summed E-state index contributed by atoms with van der Waals surface area (Å²) >= 11 is 0. The molecule has 0 bridgehead atoms. The van der Waals surface area contributed by atoms with Gasteiger partial charge in [0.15, 0.2) is 5.78 Å². The fourth-order valence-corrected chi connectivity index (χ4v) is 4.90. The van der Waals surface area contributed by atoms with E-state index < -0.39 is 65.5 Å². The van der Waals surface area contributed by atoms with E-state index in [-0.39, 0.29) is 36.1 Å². The van der Waals surface area contributed by atoms with Crippen molar-refractivity contribution in [3.8, 4) is 11.1 Å². The molecule has 0 aliphatic rings. The van der Waals surface area contributed by atoms with Gasteiger partial charge in [-0.25, -0.2) is 30.7 Å². The maximum atomic E-state index is 14.5. The number of benzene rings is 2. The van der Waals surface area contributed by atoms with Crippen LogP contribution in [0.25, 0.3) is 11.1 Å². The van der Waals surface area contributed by atoms with Gasteiger partial charge >= 0.3 is 0 Å². The summed E-state index contributed by atoms with van der Waals surface area (Å²) in [5, 5.41) is 6.23. The Morgan fingerprint density at radius 2 is 1.61 bits per heavy atom. The number of alkyl halides is 4. The average Bonchev–Trinajstić information content (AvgIpc) is 3.42. The molecule has 0 saturated heterocycles. The van der Waals surface area contributed by atoms with Crippen molar-refractivity contribution in [2.24, 2.45) is 0 Å². The molecule has 0 aliphatic heterocycles. The van der Waals surface area contributed by atoms with Gasteiger partial charge in [-0.15, -0.1) is 0 Å². The highest BCUT2D eigenvalue weighted by atomic mass is 19.3. The molecule has 0 radical (unpaired) electrons. The molecule has 0 saturated carbocycles. The molecule has 1 amide bonds. The summed E-state index contributed by atoms with van der Waals surface area (Å²) in [7, 11) is 0. The number of carbonyl (C=O) groups excluding carboxylic acids is 2. The Labute approximate surface area is 247 Å². The fourth-order valence-electron chi connectivity index (χ4n) is 4.90. The van der Waals surface area contributed by atoms with Crippen molar-refractivity contribution in [2.75, 3.05) is 0 Å². The quantitative estimate of drug-likeness (QED) is 0.129. The number of amides is 1. The number of ketones is 1. The number of rotatable bonds is 12. The van der Waals surface area contributed by atoms with E-state index in [1.807, 2.05) is 0 Å². The summed E-state index contributed by atoms with van der Waals surface area (Å²) < 4.78 is 97.4. The third kappa shape index (κ3) is 7.14. The summed E-state index contributed by atoms with van der Waals surface area (Å²) in [6.07, 6.45) is -5.35. The van der Waals surface area contributed by atoms with Gasteiger partial charge in [0, 0.05) is 24.2 Å². The first kappa shape index (κ1) is 32.4. The van der Waals surface area contributed by atoms with Crippen LogP contribution in [-0.2, 0) is 11.2 Å². The number of halogens is 7.